The van der Waals surface area contributed by atoms with E-state index in [1.54, 1.807) is 7.11 Å². The van der Waals surface area contributed by atoms with Crippen LogP contribution in [-0.4, -0.2) is 40.1 Å². The average Bonchev–Trinajstić information content (AvgIpc) is 3.68. The summed E-state index contributed by atoms with van der Waals surface area (Å²) in [6.07, 6.45) is 10.1. The first-order chi connectivity index (χ1) is 34.6. The molecule has 0 aliphatic heterocycles. The molecule has 0 amide bonds. The fourth-order valence-electron chi connectivity index (χ4n) is 10.5. The van der Waals surface area contributed by atoms with Gasteiger partial charge in [-0.2, -0.15) is 0 Å². The highest BCUT2D eigenvalue weighted by molar-refractivity contribution is 5.93. The number of ether oxygens (including phenoxy) is 3. The molecule has 0 bridgehead atoms. The molecule has 3 heteroatoms. The number of hydrogen-bond acceptors (Lipinski definition) is 3. The van der Waals surface area contributed by atoms with Gasteiger partial charge in [0.15, 0.2) is 0 Å². The molecule has 8 aromatic carbocycles. The predicted octanol–water partition coefficient (Wildman–Crippen LogP) is 16.8. The zero-order chi connectivity index (χ0) is 48.0. The van der Waals surface area contributed by atoms with Gasteiger partial charge in [-0.05, 0) is 132 Å². The van der Waals surface area contributed by atoms with E-state index in [1.165, 1.54) is 95.5 Å². The van der Waals surface area contributed by atoms with E-state index in [9.17, 15) is 0 Å². The summed E-state index contributed by atoms with van der Waals surface area (Å²) in [6.45, 7) is 7.61. The molecular weight excluding hydrogens is 853 g/mol. The van der Waals surface area contributed by atoms with Gasteiger partial charge in [0.1, 0.15) is 0 Å². The Hall–Kier alpha value is -6.88. The molecule has 0 heterocycles. The second-order valence-electron chi connectivity index (χ2n) is 18.7. The number of rotatable bonds is 22. The minimum Gasteiger partial charge on any atom is -0.382 e. The lowest BCUT2D eigenvalue weighted by Gasteiger charge is -2.36. The first-order valence-corrected chi connectivity index (χ1v) is 25.4. The summed E-state index contributed by atoms with van der Waals surface area (Å²) < 4.78 is 17.5. The van der Waals surface area contributed by atoms with E-state index < -0.39 is 0 Å². The Kier molecular flexibility index (Phi) is 16.2. The zero-order valence-corrected chi connectivity index (χ0v) is 41.2. The maximum Gasteiger partial charge on any atom is 0.0701 e. The molecule has 1 aliphatic carbocycles. The van der Waals surface area contributed by atoms with Gasteiger partial charge in [0.05, 0.1) is 26.4 Å². The van der Waals surface area contributed by atoms with Gasteiger partial charge >= 0.3 is 0 Å². The highest BCUT2D eigenvalue weighted by Gasteiger charge is 2.44. The van der Waals surface area contributed by atoms with Gasteiger partial charge in [0.25, 0.3) is 0 Å². The lowest BCUT2D eigenvalue weighted by molar-refractivity contribution is 0.0209. The van der Waals surface area contributed by atoms with Crippen LogP contribution in [0.1, 0.15) is 90.5 Å². The Balaban J connectivity index is 1.08. The van der Waals surface area contributed by atoms with Crippen LogP contribution in [0.15, 0.2) is 206 Å². The van der Waals surface area contributed by atoms with Crippen LogP contribution in [0.5, 0.6) is 0 Å². The summed E-state index contributed by atoms with van der Waals surface area (Å²) in [5.74, 6) is 0.567. The molecular formula is C67H66O3. The van der Waals surface area contributed by atoms with E-state index in [4.69, 9.17) is 14.2 Å². The molecule has 0 N–H and O–H groups in total. The smallest absolute Gasteiger partial charge is 0.0701 e. The fourth-order valence-corrected chi connectivity index (χ4v) is 10.5. The number of benzene rings is 8. The van der Waals surface area contributed by atoms with Gasteiger partial charge in [-0.3, -0.25) is 0 Å². The van der Waals surface area contributed by atoms with Gasteiger partial charge in [0.2, 0.25) is 0 Å². The third-order valence-corrected chi connectivity index (χ3v) is 14.2. The number of methoxy groups -OCH3 is 1. The van der Waals surface area contributed by atoms with E-state index in [0.717, 1.165) is 25.7 Å². The van der Waals surface area contributed by atoms with E-state index in [0.29, 0.717) is 39.0 Å². The van der Waals surface area contributed by atoms with Crippen molar-refractivity contribution in [3.8, 4) is 33.4 Å². The molecule has 352 valence electrons. The Morgan fingerprint density at radius 2 is 0.829 bits per heavy atom. The summed E-state index contributed by atoms with van der Waals surface area (Å²) in [7, 11) is 1.71. The molecule has 0 saturated carbocycles. The van der Waals surface area contributed by atoms with Crippen LogP contribution in [0.2, 0.25) is 0 Å². The molecule has 70 heavy (non-hydrogen) atoms. The normalized spacial score (nSPS) is 12.7. The first-order valence-electron chi connectivity index (χ1n) is 25.4. The van der Waals surface area contributed by atoms with Crippen molar-refractivity contribution in [1.29, 1.82) is 0 Å². The van der Waals surface area contributed by atoms with Crippen molar-refractivity contribution in [2.75, 3.05) is 40.1 Å². The van der Waals surface area contributed by atoms with Crippen molar-refractivity contribution in [3.63, 3.8) is 0 Å². The largest absolute Gasteiger partial charge is 0.382 e. The monoisotopic (exact) mass is 919 g/mol. The third kappa shape index (κ3) is 11.3. The van der Waals surface area contributed by atoms with Crippen LogP contribution in [0.4, 0.5) is 0 Å². The molecule has 0 radical (unpaired) electrons. The van der Waals surface area contributed by atoms with Crippen molar-refractivity contribution in [2.24, 2.45) is 5.92 Å². The Labute approximate surface area is 417 Å². The van der Waals surface area contributed by atoms with Crippen LogP contribution in [0.25, 0.3) is 56.7 Å². The van der Waals surface area contributed by atoms with Crippen LogP contribution >= 0.6 is 0 Å². The van der Waals surface area contributed by atoms with Crippen LogP contribution in [-0.2, 0) is 19.6 Å². The van der Waals surface area contributed by atoms with Gasteiger partial charge in [-0.15, -0.1) is 0 Å². The molecule has 9 rings (SSSR count). The van der Waals surface area contributed by atoms with Crippen molar-refractivity contribution < 1.29 is 14.2 Å². The van der Waals surface area contributed by atoms with Crippen LogP contribution in [0.3, 0.4) is 0 Å². The van der Waals surface area contributed by atoms with Gasteiger partial charge < -0.3 is 14.2 Å². The summed E-state index contributed by atoms with van der Waals surface area (Å²) in [6, 6.07) is 75.5. The minimum atomic E-state index is -0.241. The molecule has 1 aliphatic rings. The highest BCUT2D eigenvalue weighted by Crippen LogP contribution is 2.56. The molecule has 8 aromatic rings. The van der Waals surface area contributed by atoms with Crippen molar-refractivity contribution in [3.05, 3.63) is 251 Å². The topological polar surface area (TPSA) is 27.7 Å². The minimum absolute atomic E-state index is 0.241. The standard InChI is InChI=1S/C67H66O3/c1-4-18-50(5-2)49-67(39-40-69-43-44-70-42-41-68-3)65-47-59(53-31-27-51(28-32-53)45-63(55-19-10-6-11-20-55)56-21-12-7-13-22-56)35-37-61(65)62-38-36-60(48-66(62)67)54-33-29-52(30-34-54)46-64(57-23-14-8-15-24-57)58-25-16-9-17-26-58/h6-17,19-38,45-48,50H,4-5,18,39-44,49H2,1-3H3. The van der Waals surface area contributed by atoms with Crippen molar-refractivity contribution in [1.82, 2.24) is 0 Å². The average molecular weight is 919 g/mol. The summed E-state index contributed by atoms with van der Waals surface area (Å²) in [5.41, 5.74) is 19.8. The quantitative estimate of drug-likeness (QED) is 0.0501. The Morgan fingerprint density at radius 3 is 1.21 bits per heavy atom. The maximum atomic E-state index is 6.48. The Morgan fingerprint density at radius 1 is 0.443 bits per heavy atom. The van der Waals surface area contributed by atoms with Gasteiger partial charge in [-0.1, -0.05) is 227 Å². The van der Waals surface area contributed by atoms with Gasteiger partial charge in [-0.25, -0.2) is 0 Å². The molecule has 0 fully saturated rings. The van der Waals surface area contributed by atoms with Crippen LogP contribution < -0.4 is 0 Å². The number of fused-ring (bicyclic) bond motifs is 3. The second kappa shape index (κ2) is 23.6. The van der Waals surface area contributed by atoms with Gasteiger partial charge in [0, 0.05) is 19.1 Å². The summed E-state index contributed by atoms with van der Waals surface area (Å²) in [4.78, 5) is 0. The molecule has 3 nitrogen and oxygen atoms in total. The predicted molar refractivity (Wildman–Crippen MR) is 295 cm³/mol. The number of hydrogen-bond donors (Lipinski definition) is 0. The van der Waals surface area contributed by atoms with Crippen molar-refractivity contribution >= 4 is 23.3 Å². The van der Waals surface area contributed by atoms with E-state index >= 15 is 0 Å². The molecule has 0 spiro atoms. The first kappa shape index (κ1) is 48.2. The molecule has 0 saturated heterocycles. The van der Waals surface area contributed by atoms with E-state index in [1.807, 2.05) is 0 Å². The third-order valence-electron chi connectivity index (χ3n) is 14.2. The van der Waals surface area contributed by atoms with Crippen molar-refractivity contribution in [2.45, 2.75) is 51.4 Å². The zero-order valence-electron chi connectivity index (χ0n) is 41.2. The Bertz CT molecular complexity index is 2680. The fraction of sp³-hybridized carbons (Fsp3) is 0.224. The van der Waals surface area contributed by atoms with Crippen LogP contribution in [0, 0.1) is 5.92 Å². The molecule has 1 unspecified atom stereocenters. The highest BCUT2D eigenvalue weighted by atomic mass is 16.5. The lowest BCUT2D eigenvalue weighted by Crippen LogP contribution is -2.30. The second-order valence-corrected chi connectivity index (χ2v) is 18.7. The van der Waals surface area contributed by atoms with E-state index in [-0.39, 0.29) is 5.41 Å². The molecule has 0 aromatic heterocycles. The lowest BCUT2D eigenvalue weighted by atomic mass is 9.68. The SMILES string of the molecule is CCCC(CC)CC1(CCOCCOCCOC)c2cc(-c3ccc(C=C(c4ccccc4)c4ccccc4)cc3)ccc2-c2ccc(-c3ccc(C=C(c4ccccc4)c4ccccc4)cc3)cc21. The molecule has 1 atom stereocenters. The summed E-state index contributed by atoms with van der Waals surface area (Å²) >= 11 is 0. The van der Waals surface area contributed by atoms with E-state index in [2.05, 4.69) is 232 Å². The maximum absolute atomic E-state index is 6.48. The summed E-state index contributed by atoms with van der Waals surface area (Å²) in [5, 5.41) is 0.